The van der Waals surface area contributed by atoms with Crippen molar-refractivity contribution in [2.45, 2.75) is 25.3 Å². The molecular formula is C23H23N5OS. The summed E-state index contributed by atoms with van der Waals surface area (Å²) < 4.78 is 0. The number of nitrogens with one attached hydrogen (secondary N) is 2. The van der Waals surface area contributed by atoms with E-state index in [0.29, 0.717) is 10.9 Å². The quantitative estimate of drug-likeness (QED) is 0.496. The van der Waals surface area contributed by atoms with Crippen molar-refractivity contribution in [2.75, 3.05) is 18.4 Å². The summed E-state index contributed by atoms with van der Waals surface area (Å²) in [6.07, 6.45) is 4.43. The zero-order valence-electron chi connectivity index (χ0n) is 16.5. The van der Waals surface area contributed by atoms with Crippen LogP contribution >= 0.6 is 11.3 Å². The molecule has 0 spiro atoms. The first-order chi connectivity index (χ1) is 14.8. The van der Waals surface area contributed by atoms with Crippen molar-refractivity contribution in [1.29, 1.82) is 0 Å². The number of piperidine rings is 1. The lowest BCUT2D eigenvalue weighted by Gasteiger charge is -2.31. The minimum absolute atomic E-state index is 0.206. The Kier molecular flexibility index (Phi) is 5.29. The zero-order chi connectivity index (χ0) is 20.3. The first-order valence-electron chi connectivity index (χ1n) is 10.2. The van der Waals surface area contributed by atoms with E-state index in [1.807, 2.05) is 30.3 Å². The van der Waals surface area contributed by atoms with Gasteiger partial charge in [-0.05, 0) is 55.6 Å². The Morgan fingerprint density at radius 2 is 1.83 bits per heavy atom. The fourth-order valence-electron chi connectivity index (χ4n) is 4.14. The van der Waals surface area contributed by atoms with Crippen LogP contribution in [0.5, 0.6) is 0 Å². The summed E-state index contributed by atoms with van der Waals surface area (Å²) in [5.41, 5.74) is 3.41. The van der Waals surface area contributed by atoms with Crippen LogP contribution in [0.2, 0.25) is 0 Å². The number of H-pyrrole nitrogens is 1. The number of fused-ring (bicyclic) bond motifs is 1. The number of aromatic amines is 1. The molecule has 2 aromatic carbocycles. The van der Waals surface area contributed by atoms with Crippen LogP contribution < -0.4 is 5.32 Å². The van der Waals surface area contributed by atoms with Gasteiger partial charge in [-0.25, -0.2) is 0 Å². The molecule has 1 fully saturated rings. The van der Waals surface area contributed by atoms with Gasteiger partial charge in [-0.15, -0.1) is 10.2 Å². The lowest BCUT2D eigenvalue weighted by molar-refractivity contribution is 0.102. The van der Waals surface area contributed by atoms with Gasteiger partial charge in [0, 0.05) is 22.8 Å². The van der Waals surface area contributed by atoms with Crippen molar-refractivity contribution in [1.82, 2.24) is 20.1 Å². The van der Waals surface area contributed by atoms with Crippen LogP contribution in [-0.4, -0.2) is 39.1 Å². The molecule has 0 bridgehead atoms. The summed E-state index contributed by atoms with van der Waals surface area (Å²) in [6.45, 7) is 2.79. The number of aromatic nitrogens is 3. The lowest BCUT2D eigenvalue weighted by Crippen LogP contribution is -2.32. The van der Waals surface area contributed by atoms with Crippen molar-refractivity contribution in [2.24, 2.45) is 0 Å². The third kappa shape index (κ3) is 3.99. The molecule has 0 aliphatic carbocycles. The number of benzene rings is 2. The largest absolute Gasteiger partial charge is 0.361 e. The molecule has 1 saturated heterocycles. The summed E-state index contributed by atoms with van der Waals surface area (Å²) in [6, 6.07) is 17.9. The van der Waals surface area contributed by atoms with Crippen LogP contribution in [0.1, 0.15) is 39.1 Å². The fourth-order valence-corrected chi connectivity index (χ4v) is 4.92. The fraction of sp³-hybridized carbons (Fsp3) is 0.261. The van der Waals surface area contributed by atoms with Gasteiger partial charge in [0.25, 0.3) is 5.91 Å². The maximum atomic E-state index is 12.4. The smallest absolute Gasteiger partial charge is 0.286 e. The van der Waals surface area contributed by atoms with Crippen LogP contribution in [0, 0.1) is 0 Å². The average molecular weight is 418 g/mol. The number of nitrogens with zero attached hydrogens (tertiary/aromatic N) is 3. The third-order valence-electron chi connectivity index (χ3n) is 5.70. The Labute approximate surface area is 179 Å². The number of likely N-dealkylation sites (tertiary alicyclic amines) is 1. The number of hydrogen-bond acceptors (Lipinski definition) is 5. The van der Waals surface area contributed by atoms with E-state index in [1.165, 1.54) is 27.8 Å². The summed E-state index contributed by atoms with van der Waals surface area (Å²) in [4.78, 5) is 18.2. The van der Waals surface area contributed by atoms with Gasteiger partial charge in [-0.2, -0.15) is 0 Å². The zero-order valence-corrected chi connectivity index (χ0v) is 17.4. The van der Waals surface area contributed by atoms with E-state index < -0.39 is 0 Å². The molecular weight excluding hydrogens is 394 g/mol. The SMILES string of the molecule is O=C(Nc1ccccc1)c1nnc(CN2CCC(c3c[nH]c4ccccc34)CC2)s1. The molecule has 1 aliphatic rings. The summed E-state index contributed by atoms with van der Waals surface area (Å²) in [5.74, 6) is 0.377. The van der Waals surface area contributed by atoms with E-state index in [0.717, 1.165) is 43.2 Å². The molecule has 2 aromatic heterocycles. The minimum Gasteiger partial charge on any atom is -0.361 e. The average Bonchev–Trinajstić information content (AvgIpc) is 3.42. The monoisotopic (exact) mass is 417 g/mol. The number of rotatable bonds is 5. The molecule has 3 heterocycles. The van der Waals surface area contributed by atoms with Gasteiger partial charge >= 0.3 is 0 Å². The third-order valence-corrected chi connectivity index (χ3v) is 6.61. The molecule has 1 amide bonds. The number of carbonyl (C=O) groups is 1. The Hall–Kier alpha value is -3.03. The van der Waals surface area contributed by atoms with Crippen molar-refractivity contribution in [3.63, 3.8) is 0 Å². The van der Waals surface area contributed by atoms with Crippen molar-refractivity contribution in [3.05, 3.63) is 76.4 Å². The molecule has 2 N–H and O–H groups in total. The van der Waals surface area contributed by atoms with E-state index in [-0.39, 0.29) is 5.91 Å². The highest BCUT2D eigenvalue weighted by atomic mass is 32.1. The van der Waals surface area contributed by atoms with Gasteiger partial charge in [0.1, 0.15) is 5.01 Å². The second kappa shape index (κ2) is 8.38. The minimum atomic E-state index is -0.206. The predicted molar refractivity (Wildman–Crippen MR) is 120 cm³/mol. The topological polar surface area (TPSA) is 73.9 Å². The van der Waals surface area contributed by atoms with Crippen LogP contribution in [0.15, 0.2) is 60.8 Å². The second-order valence-electron chi connectivity index (χ2n) is 7.66. The maximum absolute atomic E-state index is 12.4. The van der Waals surface area contributed by atoms with Crippen LogP contribution in [0.3, 0.4) is 0 Å². The van der Waals surface area contributed by atoms with Crippen LogP contribution in [0.25, 0.3) is 10.9 Å². The summed E-state index contributed by atoms with van der Waals surface area (Å²) >= 11 is 1.37. The molecule has 0 saturated carbocycles. The highest BCUT2D eigenvalue weighted by molar-refractivity contribution is 7.13. The van der Waals surface area contributed by atoms with Crippen molar-refractivity contribution >= 4 is 33.8 Å². The molecule has 0 radical (unpaired) electrons. The van der Waals surface area contributed by atoms with Crippen molar-refractivity contribution < 1.29 is 4.79 Å². The molecule has 0 atom stereocenters. The molecule has 7 heteroatoms. The number of hydrogen-bond donors (Lipinski definition) is 2. The Morgan fingerprint density at radius 1 is 1.07 bits per heavy atom. The molecule has 6 nitrogen and oxygen atoms in total. The Morgan fingerprint density at radius 3 is 2.67 bits per heavy atom. The molecule has 152 valence electrons. The molecule has 0 unspecified atom stereocenters. The number of carbonyl (C=O) groups excluding carboxylic acids is 1. The van der Waals surface area contributed by atoms with E-state index in [4.69, 9.17) is 0 Å². The number of para-hydroxylation sites is 2. The van der Waals surface area contributed by atoms with Gasteiger partial charge < -0.3 is 10.3 Å². The Bertz CT molecular complexity index is 1140. The first kappa shape index (κ1) is 19.0. The second-order valence-corrected chi connectivity index (χ2v) is 8.72. The van der Waals surface area contributed by atoms with E-state index in [9.17, 15) is 4.79 Å². The predicted octanol–water partition coefficient (Wildman–Crippen LogP) is 4.65. The van der Waals surface area contributed by atoms with Gasteiger partial charge in [0.2, 0.25) is 5.01 Å². The standard InChI is InChI=1S/C23H23N5OS/c29-22(25-17-6-2-1-3-7-17)23-27-26-21(30-23)15-28-12-10-16(11-13-28)19-14-24-20-9-5-4-8-18(19)20/h1-9,14,16,24H,10-13,15H2,(H,25,29). The number of anilines is 1. The number of amides is 1. The summed E-state index contributed by atoms with van der Waals surface area (Å²) in [5, 5.41) is 13.8. The van der Waals surface area contributed by atoms with Gasteiger partial charge in [-0.1, -0.05) is 47.7 Å². The highest BCUT2D eigenvalue weighted by Gasteiger charge is 2.24. The molecule has 30 heavy (non-hydrogen) atoms. The van der Waals surface area contributed by atoms with Crippen molar-refractivity contribution in [3.8, 4) is 0 Å². The highest BCUT2D eigenvalue weighted by Crippen LogP contribution is 2.33. The van der Waals surface area contributed by atoms with E-state index >= 15 is 0 Å². The Balaban J connectivity index is 1.18. The van der Waals surface area contributed by atoms with Gasteiger partial charge in [0.15, 0.2) is 0 Å². The van der Waals surface area contributed by atoms with Crippen LogP contribution in [-0.2, 0) is 6.54 Å². The first-order valence-corrected chi connectivity index (χ1v) is 11.0. The van der Waals surface area contributed by atoms with E-state index in [1.54, 1.807) is 0 Å². The molecule has 4 aromatic rings. The maximum Gasteiger partial charge on any atom is 0.286 e. The van der Waals surface area contributed by atoms with E-state index in [2.05, 4.69) is 55.9 Å². The van der Waals surface area contributed by atoms with Gasteiger partial charge in [-0.3, -0.25) is 9.69 Å². The normalized spacial score (nSPS) is 15.5. The lowest BCUT2D eigenvalue weighted by atomic mass is 9.89. The van der Waals surface area contributed by atoms with Gasteiger partial charge in [0.05, 0.1) is 6.54 Å². The summed E-state index contributed by atoms with van der Waals surface area (Å²) in [7, 11) is 0. The molecule has 1 aliphatic heterocycles. The molecule has 5 rings (SSSR count). The van der Waals surface area contributed by atoms with Crippen LogP contribution in [0.4, 0.5) is 5.69 Å².